The number of aryl methyl sites for hydroxylation is 2. The summed E-state index contributed by atoms with van der Waals surface area (Å²) in [4.78, 5) is 26.9. The van der Waals surface area contributed by atoms with E-state index in [0.717, 1.165) is 38.2 Å². The van der Waals surface area contributed by atoms with Gasteiger partial charge in [-0.3, -0.25) is 9.59 Å². The topological polar surface area (TPSA) is 108 Å². The summed E-state index contributed by atoms with van der Waals surface area (Å²) in [5.74, 6) is 0.394. The Hall–Kier alpha value is -1.93. The first-order valence-electron chi connectivity index (χ1n) is 7.70. The van der Waals surface area contributed by atoms with Crippen LogP contribution < -0.4 is 5.32 Å². The lowest BCUT2D eigenvalue weighted by molar-refractivity contribution is -0.122. The van der Waals surface area contributed by atoms with Gasteiger partial charge in [-0.05, 0) is 38.8 Å². The predicted molar refractivity (Wildman–Crippen MR) is 85.2 cm³/mol. The number of likely N-dealkylation sites (tertiary alicyclic amines) is 1. The van der Waals surface area contributed by atoms with Crippen molar-refractivity contribution in [2.75, 3.05) is 32.8 Å². The highest BCUT2D eigenvalue weighted by Crippen LogP contribution is 2.15. The zero-order valence-corrected chi connectivity index (χ0v) is 13.7. The average molecular weight is 326 g/mol. The molecule has 0 atom stereocenters. The van der Waals surface area contributed by atoms with E-state index in [1.165, 1.54) is 0 Å². The molecule has 3 N–H and O–H groups in total. The standard InChI is InChI=1S/C14H24N4O2.CH2O2/c1-11-13(17(2)10-16-11)14(20)15-5-8-18-6-3-12(9-19)4-7-18;2-1-3/h10,12,19H,3-9H2,1-2H3,(H,15,20);1H,(H,2,3). The van der Waals surface area contributed by atoms with Gasteiger partial charge < -0.3 is 25.0 Å². The molecule has 0 unspecified atom stereocenters. The SMILES string of the molecule is Cc1ncn(C)c1C(=O)NCCN1CCC(CO)CC1.O=CO. The largest absolute Gasteiger partial charge is 0.483 e. The van der Waals surface area contributed by atoms with Crippen LogP contribution in [-0.4, -0.2) is 69.8 Å². The van der Waals surface area contributed by atoms with Gasteiger partial charge in [-0.1, -0.05) is 0 Å². The number of aliphatic hydroxyl groups excluding tert-OH is 1. The molecule has 0 aromatic carbocycles. The van der Waals surface area contributed by atoms with E-state index in [0.29, 0.717) is 24.8 Å². The van der Waals surface area contributed by atoms with Crippen molar-refractivity contribution in [1.82, 2.24) is 19.8 Å². The molecule has 8 nitrogen and oxygen atoms in total. The Balaban J connectivity index is 0.000000816. The third-order valence-electron chi connectivity index (χ3n) is 4.01. The first-order valence-corrected chi connectivity index (χ1v) is 7.70. The molecule has 2 heterocycles. The fourth-order valence-corrected chi connectivity index (χ4v) is 2.68. The van der Waals surface area contributed by atoms with Crippen molar-refractivity contribution in [3.05, 3.63) is 17.7 Å². The normalized spacial score (nSPS) is 15.6. The molecule has 0 saturated carbocycles. The van der Waals surface area contributed by atoms with Crippen molar-refractivity contribution >= 4 is 12.4 Å². The van der Waals surface area contributed by atoms with Crippen LogP contribution in [0.25, 0.3) is 0 Å². The molecule has 1 aliphatic heterocycles. The molecule has 1 saturated heterocycles. The lowest BCUT2D eigenvalue weighted by Gasteiger charge is -2.30. The van der Waals surface area contributed by atoms with Crippen molar-refractivity contribution in [3.63, 3.8) is 0 Å². The minimum absolute atomic E-state index is 0.0623. The van der Waals surface area contributed by atoms with Gasteiger partial charge in [-0.15, -0.1) is 0 Å². The van der Waals surface area contributed by atoms with Crippen LogP contribution in [0.15, 0.2) is 6.33 Å². The number of carboxylic acid groups (broad SMARTS) is 1. The van der Waals surface area contributed by atoms with E-state index in [1.54, 1.807) is 10.9 Å². The third-order valence-corrected chi connectivity index (χ3v) is 4.01. The van der Waals surface area contributed by atoms with E-state index >= 15 is 0 Å². The molecular weight excluding hydrogens is 300 g/mol. The molecule has 1 aliphatic rings. The van der Waals surface area contributed by atoms with Crippen LogP contribution in [0.1, 0.15) is 29.0 Å². The Bertz CT molecular complexity index is 476. The van der Waals surface area contributed by atoms with Crippen molar-refractivity contribution in [2.45, 2.75) is 19.8 Å². The molecule has 1 aromatic heterocycles. The molecule has 1 amide bonds. The number of imidazole rings is 1. The Morgan fingerprint density at radius 3 is 2.57 bits per heavy atom. The van der Waals surface area contributed by atoms with Crippen molar-refractivity contribution in [1.29, 1.82) is 0 Å². The monoisotopic (exact) mass is 326 g/mol. The molecule has 23 heavy (non-hydrogen) atoms. The van der Waals surface area contributed by atoms with Crippen LogP contribution in [0.4, 0.5) is 0 Å². The molecule has 0 bridgehead atoms. The number of amides is 1. The molecule has 0 spiro atoms. The van der Waals surface area contributed by atoms with E-state index < -0.39 is 0 Å². The number of piperidine rings is 1. The number of aliphatic hydroxyl groups is 1. The van der Waals surface area contributed by atoms with Gasteiger partial charge in [-0.2, -0.15) is 0 Å². The predicted octanol–water partition coefficient (Wildman–Crippen LogP) is -0.137. The van der Waals surface area contributed by atoms with Gasteiger partial charge in [0.05, 0.1) is 12.0 Å². The first-order chi connectivity index (χ1) is 11.0. The minimum atomic E-state index is -0.250. The molecule has 1 aromatic rings. The van der Waals surface area contributed by atoms with E-state index in [1.807, 2.05) is 14.0 Å². The minimum Gasteiger partial charge on any atom is -0.483 e. The molecule has 1 fully saturated rings. The Labute approximate surface area is 136 Å². The number of carbonyl (C=O) groups is 2. The third kappa shape index (κ3) is 5.99. The summed E-state index contributed by atoms with van der Waals surface area (Å²) in [5.41, 5.74) is 1.39. The van der Waals surface area contributed by atoms with Crippen LogP contribution in [0, 0.1) is 12.8 Å². The number of nitrogens with one attached hydrogen (secondary N) is 1. The molecule has 8 heteroatoms. The molecule has 0 aliphatic carbocycles. The van der Waals surface area contributed by atoms with Gasteiger partial charge in [0.15, 0.2) is 0 Å². The Morgan fingerprint density at radius 2 is 2.09 bits per heavy atom. The molecule has 130 valence electrons. The second-order valence-corrected chi connectivity index (χ2v) is 5.62. The lowest BCUT2D eigenvalue weighted by Crippen LogP contribution is -2.40. The zero-order valence-electron chi connectivity index (χ0n) is 13.7. The summed E-state index contributed by atoms with van der Waals surface area (Å²) < 4.78 is 1.75. The fourth-order valence-electron chi connectivity index (χ4n) is 2.68. The summed E-state index contributed by atoms with van der Waals surface area (Å²) in [7, 11) is 1.83. The summed E-state index contributed by atoms with van der Waals surface area (Å²) in [6, 6.07) is 0. The van der Waals surface area contributed by atoms with Gasteiger partial charge in [0.25, 0.3) is 12.4 Å². The van der Waals surface area contributed by atoms with Crippen molar-refractivity contribution in [3.8, 4) is 0 Å². The highest BCUT2D eigenvalue weighted by atomic mass is 16.3. The lowest BCUT2D eigenvalue weighted by atomic mass is 9.98. The molecule has 0 radical (unpaired) electrons. The number of hydrogen-bond donors (Lipinski definition) is 3. The van der Waals surface area contributed by atoms with Gasteiger partial charge in [0.1, 0.15) is 5.69 Å². The maximum absolute atomic E-state index is 12.1. The number of hydrogen-bond acceptors (Lipinski definition) is 5. The Morgan fingerprint density at radius 1 is 1.48 bits per heavy atom. The van der Waals surface area contributed by atoms with Gasteiger partial charge in [0, 0.05) is 26.7 Å². The smallest absolute Gasteiger partial charge is 0.290 e. The summed E-state index contributed by atoms with van der Waals surface area (Å²) in [6.07, 6.45) is 3.75. The average Bonchev–Trinajstić information content (AvgIpc) is 2.87. The number of aromatic nitrogens is 2. The van der Waals surface area contributed by atoms with Gasteiger partial charge >= 0.3 is 0 Å². The fraction of sp³-hybridized carbons (Fsp3) is 0.667. The van der Waals surface area contributed by atoms with Gasteiger partial charge in [0.2, 0.25) is 0 Å². The Kier molecular flexibility index (Phi) is 8.28. The second kappa shape index (κ2) is 9.96. The maximum Gasteiger partial charge on any atom is 0.290 e. The van der Waals surface area contributed by atoms with Crippen LogP contribution in [-0.2, 0) is 11.8 Å². The highest BCUT2D eigenvalue weighted by molar-refractivity contribution is 5.93. The summed E-state index contributed by atoms with van der Waals surface area (Å²) in [6.45, 7) is 5.41. The zero-order chi connectivity index (χ0) is 17.2. The molecular formula is C15H26N4O4. The maximum atomic E-state index is 12.1. The van der Waals surface area contributed by atoms with E-state index in [2.05, 4.69) is 15.2 Å². The number of rotatable bonds is 5. The van der Waals surface area contributed by atoms with Crippen LogP contribution in [0.3, 0.4) is 0 Å². The van der Waals surface area contributed by atoms with E-state index in [4.69, 9.17) is 15.0 Å². The van der Waals surface area contributed by atoms with E-state index in [9.17, 15) is 4.79 Å². The quantitative estimate of drug-likeness (QED) is 0.650. The highest BCUT2D eigenvalue weighted by Gasteiger charge is 2.18. The second-order valence-electron chi connectivity index (χ2n) is 5.62. The summed E-state index contributed by atoms with van der Waals surface area (Å²) in [5, 5.41) is 18.9. The van der Waals surface area contributed by atoms with Crippen molar-refractivity contribution in [2.24, 2.45) is 13.0 Å². The number of nitrogens with zero attached hydrogens (tertiary/aromatic N) is 3. The van der Waals surface area contributed by atoms with Crippen LogP contribution in [0.5, 0.6) is 0 Å². The van der Waals surface area contributed by atoms with Crippen molar-refractivity contribution < 1.29 is 19.8 Å². The van der Waals surface area contributed by atoms with Crippen LogP contribution in [0.2, 0.25) is 0 Å². The number of carbonyl (C=O) groups excluding carboxylic acids is 1. The van der Waals surface area contributed by atoms with E-state index in [-0.39, 0.29) is 12.4 Å². The van der Waals surface area contributed by atoms with Crippen LogP contribution >= 0.6 is 0 Å². The molecule has 2 rings (SSSR count). The first kappa shape index (κ1) is 19.1. The summed E-state index contributed by atoms with van der Waals surface area (Å²) >= 11 is 0. The van der Waals surface area contributed by atoms with Gasteiger partial charge in [-0.25, -0.2) is 4.98 Å².